The third-order valence-corrected chi connectivity index (χ3v) is 11.0. The van der Waals surface area contributed by atoms with E-state index in [4.69, 9.17) is 0 Å². The number of rotatable bonds is 6. The molecular weight excluding hydrogens is 1210 g/mol. The summed E-state index contributed by atoms with van der Waals surface area (Å²) in [5, 5.41) is 2.54. The smallest absolute Gasteiger partial charge is 0.0523 e. The number of para-hydroxylation sites is 2. The summed E-state index contributed by atoms with van der Waals surface area (Å²) in [6, 6.07) is 89.8. The van der Waals surface area contributed by atoms with Crippen LogP contribution in [0.25, 0.3) is 83.6 Å². The SMILES string of the molecule is Cc1cc(-c2[c-]cccc2)ncc1-c1ccccc1.[Ir].[Ir].[c-]1ccc(-n2c3ccccc3c3ccccc32)cc1-c1ccccn1.[c-]1ccccc1-c1ccccn1.[c-]1ccccc1-c1ccccn1. The maximum absolute atomic E-state index is 4.55. The van der Waals surface area contributed by atoms with Crippen LogP contribution in [0.3, 0.4) is 0 Å². The molecule has 0 bridgehead atoms. The van der Waals surface area contributed by atoms with Gasteiger partial charge in [-0.3, -0.25) is 0 Å². The molecule has 0 saturated carbocycles. The molecule has 12 aromatic rings. The molecule has 0 amide bonds. The van der Waals surface area contributed by atoms with Crippen LogP contribution in [-0.4, -0.2) is 24.5 Å². The Hall–Kier alpha value is -7.76. The summed E-state index contributed by atoms with van der Waals surface area (Å²) >= 11 is 0. The number of pyridine rings is 4. The zero-order valence-corrected chi connectivity index (χ0v) is 42.9. The van der Waals surface area contributed by atoms with E-state index in [9.17, 15) is 0 Å². The molecule has 5 aromatic heterocycles. The van der Waals surface area contributed by atoms with Crippen molar-refractivity contribution < 1.29 is 40.2 Å². The van der Waals surface area contributed by atoms with Crippen molar-refractivity contribution >= 4 is 21.8 Å². The van der Waals surface area contributed by atoms with Crippen LogP contribution >= 0.6 is 0 Å². The molecule has 0 aliphatic heterocycles. The Morgan fingerprint density at radius 1 is 0.357 bits per heavy atom. The van der Waals surface area contributed by atoms with Crippen LogP contribution in [0.5, 0.6) is 0 Å². The molecule has 0 unspecified atom stereocenters. The first-order valence-electron chi connectivity index (χ1n) is 22.4. The zero-order valence-electron chi connectivity index (χ0n) is 38.2. The van der Waals surface area contributed by atoms with Crippen molar-refractivity contribution in [1.82, 2.24) is 24.5 Å². The topological polar surface area (TPSA) is 56.5 Å². The first-order valence-corrected chi connectivity index (χ1v) is 22.4. The van der Waals surface area contributed by atoms with Crippen molar-refractivity contribution in [3.05, 3.63) is 285 Å². The van der Waals surface area contributed by atoms with Crippen molar-refractivity contribution in [2.24, 2.45) is 0 Å². The summed E-state index contributed by atoms with van der Waals surface area (Å²) in [6.07, 6.45) is 7.34. The standard InChI is InChI=1S/C23H15N2.C18H14N.2C11H8N.2Ir/c1-3-13-22-19(10-1)20-11-2-4-14-23(20)25(22)18-9-7-8-17(16-18)21-12-5-6-15-24-21;1-14-12-18(16-10-6-3-7-11-16)19-13-17(14)15-8-4-2-5-9-15;2*1-2-6-10(7-3-1)11-8-4-5-9-12-11;;/h1-7,9-16H;2-10,12-13H,1H3;2*1-6,8-9H;;/q4*-1;;. The Morgan fingerprint density at radius 3 is 1.24 bits per heavy atom. The van der Waals surface area contributed by atoms with Crippen molar-refractivity contribution in [2.75, 3.05) is 0 Å². The minimum absolute atomic E-state index is 0. The number of fused-ring (bicyclic) bond motifs is 3. The summed E-state index contributed by atoms with van der Waals surface area (Å²) < 4.78 is 2.31. The Morgan fingerprint density at radius 2 is 0.786 bits per heavy atom. The molecule has 12 rings (SSSR count). The molecule has 7 heteroatoms. The van der Waals surface area contributed by atoms with Gasteiger partial charge < -0.3 is 24.5 Å². The monoisotopic (exact) mass is 1260 g/mol. The van der Waals surface area contributed by atoms with Gasteiger partial charge in [0.2, 0.25) is 0 Å². The molecule has 5 heterocycles. The summed E-state index contributed by atoms with van der Waals surface area (Å²) in [7, 11) is 0. The maximum atomic E-state index is 4.55. The number of hydrogen-bond donors (Lipinski definition) is 0. The molecule has 0 saturated heterocycles. The van der Waals surface area contributed by atoms with Crippen LogP contribution in [0.4, 0.5) is 0 Å². The van der Waals surface area contributed by atoms with E-state index in [-0.39, 0.29) is 40.2 Å². The molecule has 0 aliphatic rings. The predicted molar refractivity (Wildman–Crippen MR) is 279 cm³/mol. The quantitative estimate of drug-likeness (QED) is 0.156. The van der Waals surface area contributed by atoms with Gasteiger partial charge in [-0.25, -0.2) is 0 Å². The number of benzene rings is 7. The van der Waals surface area contributed by atoms with Crippen molar-refractivity contribution in [3.8, 4) is 61.8 Å². The summed E-state index contributed by atoms with van der Waals surface area (Å²) in [6.45, 7) is 2.12. The molecule has 0 atom stereocenters. The van der Waals surface area contributed by atoms with E-state index in [0.717, 1.165) is 50.7 Å². The first-order chi connectivity index (χ1) is 33.7. The van der Waals surface area contributed by atoms with E-state index in [2.05, 4.69) is 135 Å². The van der Waals surface area contributed by atoms with E-state index in [1.165, 1.54) is 38.5 Å². The molecule has 0 spiro atoms. The summed E-state index contributed by atoms with van der Waals surface area (Å²) in [4.78, 5) is 17.4. The Balaban J connectivity index is 0.000000143. The third kappa shape index (κ3) is 12.7. The normalized spacial score (nSPS) is 10.1. The van der Waals surface area contributed by atoms with Crippen LogP contribution in [-0.2, 0) is 40.2 Å². The first kappa shape index (κ1) is 50.1. The summed E-state index contributed by atoms with van der Waals surface area (Å²) in [5.41, 5.74) is 15.1. The average molecular weight is 1260 g/mol. The average Bonchev–Trinajstić information content (AvgIpc) is 3.78. The fourth-order valence-corrected chi connectivity index (χ4v) is 7.79. The van der Waals surface area contributed by atoms with Gasteiger partial charge in [0, 0.05) is 81.3 Å². The van der Waals surface area contributed by atoms with E-state index < -0.39 is 0 Å². The molecule has 0 aliphatic carbocycles. The van der Waals surface area contributed by atoms with Gasteiger partial charge in [0.15, 0.2) is 0 Å². The second-order valence-corrected chi connectivity index (χ2v) is 15.6. The third-order valence-electron chi connectivity index (χ3n) is 11.0. The maximum Gasteiger partial charge on any atom is 0.0523 e. The van der Waals surface area contributed by atoms with Gasteiger partial charge in [0.1, 0.15) is 0 Å². The Bertz CT molecular complexity index is 3230. The fraction of sp³-hybridized carbons (Fsp3) is 0.0159. The number of nitrogens with zero attached hydrogens (tertiary/aromatic N) is 5. The second kappa shape index (κ2) is 25.6. The van der Waals surface area contributed by atoms with E-state index in [1.807, 2.05) is 164 Å². The Kier molecular flexibility index (Phi) is 18.3. The van der Waals surface area contributed by atoms with E-state index in [0.29, 0.717) is 0 Å². The van der Waals surface area contributed by atoms with Crippen LogP contribution < -0.4 is 0 Å². The Labute approximate surface area is 437 Å². The van der Waals surface area contributed by atoms with Crippen LogP contribution in [0.15, 0.2) is 255 Å². The molecule has 2 radical (unpaired) electrons. The fourth-order valence-electron chi connectivity index (χ4n) is 7.79. The minimum atomic E-state index is 0. The number of aromatic nitrogens is 5. The largest absolute Gasteiger partial charge is 0.327 e. The van der Waals surface area contributed by atoms with Gasteiger partial charge in [0.05, 0.1) is 11.0 Å². The van der Waals surface area contributed by atoms with Gasteiger partial charge >= 0.3 is 0 Å². The van der Waals surface area contributed by atoms with Gasteiger partial charge in [-0.2, -0.15) is 0 Å². The predicted octanol–water partition coefficient (Wildman–Crippen LogP) is 15.3. The molecule has 344 valence electrons. The minimum Gasteiger partial charge on any atom is -0.327 e. The van der Waals surface area contributed by atoms with Crippen molar-refractivity contribution in [2.45, 2.75) is 6.92 Å². The molecular formula is C63H45Ir2N5-4. The van der Waals surface area contributed by atoms with Crippen LogP contribution in [0.1, 0.15) is 5.56 Å². The van der Waals surface area contributed by atoms with E-state index >= 15 is 0 Å². The van der Waals surface area contributed by atoms with Gasteiger partial charge in [-0.1, -0.05) is 109 Å². The zero-order chi connectivity index (χ0) is 46.2. The van der Waals surface area contributed by atoms with Crippen LogP contribution in [0, 0.1) is 31.2 Å². The molecule has 7 aromatic carbocycles. The molecule has 70 heavy (non-hydrogen) atoms. The van der Waals surface area contributed by atoms with Crippen LogP contribution in [0.2, 0.25) is 0 Å². The van der Waals surface area contributed by atoms with Gasteiger partial charge in [0.25, 0.3) is 0 Å². The van der Waals surface area contributed by atoms with Crippen molar-refractivity contribution in [1.29, 1.82) is 0 Å². The molecule has 5 nitrogen and oxygen atoms in total. The van der Waals surface area contributed by atoms with E-state index in [1.54, 1.807) is 12.4 Å². The van der Waals surface area contributed by atoms with Crippen molar-refractivity contribution in [3.63, 3.8) is 0 Å². The number of aryl methyl sites for hydroxylation is 1. The number of hydrogen-bond acceptors (Lipinski definition) is 4. The molecule has 0 fully saturated rings. The summed E-state index contributed by atoms with van der Waals surface area (Å²) in [5.74, 6) is 0. The molecule has 0 N–H and O–H groups in total. The van der Waals surface area contributed by atoms with Gasteiger partial charge in [-0.05, 0) is 76.8 Å². The second-order valence-electron chi connectivity index (χ2n) is 15.6. The van der Waals surface area contributed by atoms with Gasteiger partial charge in [-0.15, -0.1) is 138 Å².